The number of benzene rings is 1. The zero-order valence-corrected chi connectivity index (χ0v) is 16.8. The standard InChI is InChI=1S/C20H23N5O2S/c1-14(2)16-7-5-15(6-8-16)12-23(17-9-10-17)18(26)13-24-20(27)25(22-21-24)19-4-3-11-28-19/h3-8,11,14,17H,9-10,12-13H2,1-2H3. The van der Waals surface area contributed by atoms with Crippen LogP contribution in [0.3, 0.4) is 0 Å². The van der Waals surface area contributed by atoms with Crippen molar-refractivity contribution in [3.63, 3.8) is 0 Å². The summed E-state index contributed by atoms with van der Waals surface area (Å²) < 4.78 is 2.36. The molecule has 0 atom stereocenters. The highest BCUT2D eigenvalue weighted by atomic mass is 32.1. The molecule has 8 heteroatoms. The first-order valence-electron chi connectivity index (χ1n) is 9.48. The third kappa shape index (κ3) is 3.91. The van der Waals surface area contributed by atoms with Crippen molar-refractivity contribution in [2.45, 2.75) is 51.7 Å². The van der Waals surface area contributed by atoms with E-state index in [4.69, 9.17) is 0 Å². The minimum Gasteiger partial charge on any atom is -0.334 e. The van der Waals surface area contributed by atoms with Crippen LogP contribution in [0, 0.1) is 0 Å². The molecule has 1 amide bonds. The summed E-state index contributed by atoms with van der Waals surface area (Å²) in [5.74, 6) is 0.379. The van der Waals surface area contributed by atoms with E-state index in [1.807, 2.05) is 16.3 Å². The van der Waals surface area contributed by atoms with Crippen LogP contribution >= 0.6 is 11.3 Å². The molecule has 1 saturated carbocycles. The number of amides is 1. The normalized spacial score (nSPS) is 13.8. The molecule has 146 valence electrons. The zero-order valence-electron chi connectivity index (χ0n) is 16.0. The Morgan fingerprint density at radius 1 is 1.21 bits per heavy atom. The molecule has 2 aromatic heterocycles. The molecule has 0 N–H and O–H groups in total. The van der Waals surface area contributed by atoms with Crippen molar-refractivity contribution in [2.75, 3.05) is 0 Å². The van der Waals surface area contributed by atoms with Crippen molar-refractivity contribution >= 4 is 17.2 Å². The minimum atomic E-state index is -0.396. The molecule has 1 fully saturated rings. The van der Waals surface area contributed by atoms with Crippen LogP contribution in [0.15, 0.2) is 46.6 Å². The van der Waals surface area contributed by atoms with Crippen LogP contribution in [0.25, 0.3) is 5.00 Å². The summed E-state index contributed by atoms with van der Waals surface area (Å²) in [6.45, 7) is 4.78. The lowest BCUT2D eigenvalue weighted by Gasteiger charge is -2.22. The van der Waals surface area contributed by atoms with Crippen molar-refractivity contribution in [3.05, 3.63) is 63.4 Å². The molecular formula is C20H23N5O2S. The van der Waals surface area contributed by atoms with E-state index in [-0.39, 0.29) is 18.5 Å². The molecule has 2 heterocycles. The Morgan fingerprint density at radius 3 is 2.57 bits per heavy atom. The lowest BCUT2D eigenvalue weighted by molar-refractivity contribution is -0.133. The molecular weight excluding hydrogens is 374 g/mol. The van der Waals surface area contributed by atoms with E-state index in [1.165, 1.54) is 21.6 Å². The summed E-state index contributed by atoms with van der Waals surface area (Å²) >= 11 is 1.40. The molecule has 0 saturated heterocycles. The van der Waals surface area contributed by atoms with E-state index in [0.29, 0.717) is 17.5 Å². The third-order valence-corrected chi connectivity index (χ3v) is 5.79. The Hall–Kier alpha value is -2.74. The highest BCUT2D eigenvalue weighted by Gasteiger charge is 2.33. The monoisotopic (exact) mass is 397 g/mol. The predicted molar refractivity (Wildman–Crippen MR) is 108 cm³/mol. The number of rotatable bonds is 7. The number of thiophene rings is 1. The fourth-order valence-corrected chi connectivity index (χ4v) is 3.80. The molecule has 1 aromatic carbocycles. The zero-order chi connectivity index (χ0) is 19.7. The first-order valence-corrected chi connectivity index (χ1v) is 10.4. The van der Waals surface area contributed by atoms with Crippen molar-refractivity contribution in [1.82, 2.24) is 24.7 Å². The van der Waals surface area contributed by atoms with E-state index in [1.54, 1.807) is 6.07 Å². The van der Waals surface area contributed by atoms with E-state index in [0.717, 1.165) is 23.1 Å². The van der Waals surface area contributed by atoms with Crippen LogP contribution < -0.4 is 5.69 Å². The third-order valence-electron chi connectivity index (χ3n) is 4.95. The lowest BCUT2D eigenvalue weighted by atomic mass is 10.0. The maximum Gasteiger partial charge on any atom is 0.369 e. The summed E-state index contributed by atoms with van der Waals surface area (Å²) in [5, 5.41) is 10.3. The van der Waals surface area contributed by atoms with Crippen molar-refractivity contribution < 1.29 is 4.79 Å². The van der Waals surface area contributed by atoms with Gasteiger partial charge in [0, 0.05) is 12.6 Å². The van der Waals surface area contributed by atoms with Gasteiger partial charge in [-0.2, -0.15) is 9.36 Å². The molecule has 1 aliphatic carbocycles. The average molecular weight is 398 g/mol. The van der Waals surface area contributed by atoms with E-state index < -0.39 is 5.69 Å². The highest BCUT2D eigenvalue weighted by Crippen LogP contribution is 2.29. The summed E-state index contributed by atoms with van der Waals surface area (Å²) in [5.41, 5.74) is 1.98. The number of tetrazole rings is 1. The summed E-state index contributed by atoms with van der Waals surface area (Å²) in [6, 6.07) is 12.3. The number of hydrogen-bond donors (Lipinski definition) is 0. The van der Waals surface area contributed by atoms with Crippen LogP contribution in [0.5, 0.6) is 0 Å². The van der Waals surface area contributed by atoms with Gasteiger partial charge in [-0.3, -0.25) is 4.79 Å². The van der Waals surface area contributed by atoms with Gasteiger partial charge in [0.1, 0.15) is 11.5 Å². The van der Waals surface area contributed by atoms with Gasteiger partial charge in [0.2, 0.25) is 5.91 Å². The Labute approximate surface area is 167 Å². The predicted octanol–water partition coefficient (Wildman–Crippen LogP) is 2.81. The summed E-state index contributed by atoms with van der Waals surface area (Å²) in [7, 11) is 0. The van der Waals surface area contributed by atoms with Crippen LogP contribution in [0.4, 0.5) is 0 Å². The van der Waals surface area contributed by atoms with Crippen molar-refractivity contribution in [1.29, 1.82) is 0 Å². The number of aromatic nitrogens is 4. The van der Waals surface area contributed by atoms with E-state index in [2.05, 4.69) is 48.5 Å². The average Bonchev–Trinajstić information content (AvgIpc) is 3.26. The van der Waals surface area contributed by atoms with Gasteiger partial charge in [-0.15, -0.1) is 11.3 Å². The van der Waals surface area contributed by atoms with Gasteiger partial charge in [0.25, 0.3) is 0 Å². The van der Waals surface area contributed by atoms with Gasteiger partial charge >= 0.3 is 5.69 Å². The smallest absolute Gasteiger partial charge is 0.334 e. The minimum absolute atomic E-state index is 0.0925. The molecule has 28 heavy (non-hydrogen) atoms. The molecule has 0 aliphatic heterocycles. The second-order valence-electron chi connectivity index (χ2n) is 7.43. The van der Waals surface area contributed by atoms with Gasteiger partial charge in [-0.1, -0.05) is 38.1 Å². The van der Waals surface area contributed by atoms with Gasteiger partial charge < -0.3 is 4.90 Å². The first kappa shape index (κ1) is 18.6. The molecule has 7 nitrogen and oxygen atoms in total. The second kappa shape index (κ2) is 7.71. The maximum absolute atomic E-state index is 12.9. The van der Waals surface area contributed by atoms with Gasteiger partial charge in [0.15, 0.2) is 0 Å². The fraction of sp³-hybridized carbons (Fsp3) is 0.400. The molecule has 3 aromatic rings. The molecule has 0 unspecified atom stereocenters. The second-order valence-corrected chi connectivity index (χ2v) is 8.36. The summed E-state index contributed by atoms with van der Waals surface area (Å²) in [4.78, 5) is 27.3. The number of carbonyl (C=O) groups excluding carboxylic acids is 1. The molecule has 1 aliphatic rings. The molecule has 0 bridgehead atoms. The number of nitrogens with zero attached hydrogens (tertiary/aromatic N) is 5. The molecule has 4 rings (SSSR count). The quantitative estimate of drug-likeness (QED) is 0.615. The SMILES string of the molecule is CC(C)c1ccc(CN(C(=O)Cn2nnn(-c3cccs3)c2=O)C2CC2)cc1. The van der Waals surface area contributed by atoms with Crippen molar-refractivity contribution in [3.8, 4) is 5.00 Å². The Bertz CT molecular complexity index is 1000. The maximum atomic E-state index is 12.9. The van der Waals surface area contributed by atoms with E-state index in [9.17, 15) is 9.59 Å². The Morgan fingerprint density at radius 2 is 1.96 bits per heavy atom. The largest absolute Gasteiger partial charge is 0.369 e. The first-order chi connectivity index (χ1) is 13.5. The lowest BCUT2D eigenvalue weighted by Crippen LogP contribution is -2.38. The van der Waals surface area contributed by atoms with Crippen LogP contribution in [0.1, 0.15) is 43.7 Å². The number of hydrogen-bond acceptors (Lipinski definition) is 5. The summed E-state index contributed by atoms with van der Waals surface area (Å²) in [6.07, 6.45) is 2.01. The topological polar surface area (TPSA) is 73.0 Å². The van der Waals surface area contributed by atoms with E-state index >= 15 is 0 Å². The van der Waals surface area contributed by atoms with Crippen molar-refractivity contribution in [2.24, 2.45) is 0 Å². The highest BCUT2D eigenvalue weighted by molar-refractivity contribution is 7.12. The fourth-order valence-electron chi connectivity index (χ4n) is 3.13. The number of carbonyl (C=O) groups is 1. The molecule has 0 radical (unpaired) electrons. The van der Waals surface area contributed by atoms with Gasteiger partial charge in [0.05, 0.1) is 0 Å². The Kier molecular flexibility index (Phi) is 5.13. The van der Waals surface area contributed by atoms with Crippen LogP contribution in [0.2, 0.25) is 0 Å². The Balaban J connectivity index is 1.48. The van der Waals surface area contributed by atoms with Crippen LogP contribution in [-0.2, 0) is 17.9 Å². The molecule has 0 spiro atoms. The van der Waals surface area contributed by atoms with Gasteiger partial charge in [-0.05, 0) is 57.8 Å². The van der Waals surface area contributed by atoms with Crippen LogP contribution in [-0.4, -0.2) is 36.6 Å². The van der Waals surface area contributed by atoms with Gasteiger partial charge in [-0.25, -0.2) is 4.79 Å².